The van der Waals surface area contributed by atoms with Crippen LogP contribution in [-0.2, 0) is 4.79 Å². The molecule has 0 fully saturated rings. The topological polar surface area (TPSA) is 66.6 Å². The number of nitrogens with zero attached hydrogens (tertiary/aromatic N) is 1. The Morgan fingerprint density at radius 3 is 2.70 bits per heavy atom. The SMILES string of the molecule is Cc1ccc(N[C@H](C)C(=O)N/N=C\c2ccco2)cc1. The Morgan fingerprint density at radius 2 is 2.05 bits per heavy atom. The van der Waals surface area contributed by atoms with Crippen LogP contribution in [0.15, 0.2) is 52.2 Å². The van der Waals surface area contributed by atoms with Crippen LogP contribution in [0.3, 0.4) is 0 Å². The Labute approximate surface area is 117 Å². The molecular formula is C15H17N3O2. The molecular weight excluding hydrogens is 254 g/mol. The lowest BCUT2D eigenvalue weighted by molar-refractivity contribution is -0.121. The molecule has 0 saturated carbocycles. The van der Waals surface area contributed by atoms with Crippen LogP contribution in [0.2, 0.25) is 0 Å². The van der Waals surface area contributed by atoms with E-state index < -0.39 is 0 Å². The highest BCUT2D eigenvalue weighted by Crippen LogP contribution is 2.09. The third-order valence-electron chi connectivity index (χ3n) is 2.74. The van der Waals surface area contributed by atoms with Gasteiger partial charge in [0, 0.05) is 5.69 Å². The van der Waals surface area contributed by atoms with E-state index in [0.29, 0.717) is 5.76 Å². The maximum absolute atomic E-state index is 11.8. The van der Waals surface area contributed by atoms with Gasteiger partial charge in [0.1, 0.15) is 11.8 Å². The van der Waals surface area contributed by atoms with Gasteiger partial charge in [0.25, 0.3) is 5.91 Å². The Hall–Kier alpha value is -2.56. The van der Waals surface area contributed by atoms with Gasteiger partial charge < -0.3 is 9.73 Å². The molecule has 0 saturated heterocycles. The van der Waals surface area contributed by atoms with Gasteiger partial charge in [-0.2, -0.15) is 5.10 Å². The van der Waals surface area contributed by atoms with Crippen LogP contribution in [-0.4, -0.2) is 18.2 Å². The number of nitrogens with one attached hydrogen (secondary N) is 2. The molecule has 0 radical (unpaired) electrons. The van der Waals surface area contributed by atoms with Crippen molar-refractivity contribution in [2.75, 3.05) is 5.32 Å². The molecule has 1 amide bonds. The van der Waals surface area contributed by atoms with Crippen LogP contribution >= 0.6 is 0 Å². The van der Waals surface area contributed by atoms with Crippen molar-refractivity contribution in [3.63, 3.8) is 0 Å². The normalized spacial score (nSPS) is 12.3. The molecule has 0 aliphatic carbocycles. The molecule has 0 aliphatic rings. The Bertz CT molecular complexity index is 574. The fourth-order valence-electron chi connectivity index (χ4n) is 1.59. The minimum atomic E-state index is -0.383. The predicted octanol–water partition coefficient (Wildman–Crippen LogP) is 2.54. The standard InChI is InChI=1S/C15H17N3O2/c1-11-5-7-13(8-6-11)17-12(2)15(19)18-16-10-14-4-3-9-20-14/h3-10,12,17H,1-2H3,(H,18,19)/b16-10-/t12-/m1/s1. The largest absolute Gasteiger partial charge is 0.463 e. The third-order valence-corrected chi connectivity index (χ3v) is 2.74. The lowest BCUT2D eigenvalue weighted by Crippen LogP contribution is -2.34. The number of aryl methyl sites for hydroxylation is 1. The summed E-state index contributed by atoms with van der Waals surface area (Å²) in [4.78, 5) is 11.8. The monoisotopic (exact) mass is 271 g/mol. The summed E-state index contributed by atoms with van der Waals surface area (Å²) in [6, 6.07) is 11.0. The lowest BCUT2D eigenvalue weighted by Gasteiger charge is -2.13. The first-order chi connectivity index (χ1) is 9.65. The Balaban J connectivity index is 1.84. The second-order valence-corrected chi connectivity index (χ2v) is 4.48. The first-order valence-corrected chi connectivity index (χ1v) is 6.35. The van der Waals surface area contributed by atoms with Crippen LogP contribution < -0.4 is 10.7 Å². The van der Waals surface area contributed by atoms with Gasteiger partial charge in [-0.25, -0.2) is 5.43 Å². The lowest BCUT2D eigenvalue weighted by atomic mass is 10.2. The molecule has 0 aliphatic heterocycles. The summed E-state index contributed by atoms with van der Waals surface area (Å²) in [5.41, 5.74) is 4.53. The van der Waals surface area contributed by atoms with Gasteiger partial charge in [0.2, 0.25) is 0 Å². The van der Waals surface area contributed by atoms with Gasteiger partial charge in [-0.15, -0.1) is 0 Å². The number of benzene rings is 1. The molecule has 2 aromatic rings. The van der Waals surface area contributed by atoms with E-state index in [2.05, 4.69) is 15.8 Å². The zero-order valence-corrected chi connectivity index (χ0v) is 11.5. The highest BCUT2D eigenvalue weighted by atomic mass is 16.3. The second-order valence-electron chi connectivity index (χ2n) is 4.48. The zero-order chi connectivity index (χ0) is 14.4. The number of furan rings is 1. The molecule has 2 rings (SSSR count). The first-order valence-electron chi connectivity index (χ1n) is 6.35. The molecule has 0 unspecified atom stereocenters. The van der Waals surface area contributed by atoms with Crippen LogP contribution in [0.25, 0.3) is 0 Å². The van der Waals surface area contributed by atoms with Crippen molar-refractivity contribution in [3.05, 3.63) is 54.0 Å². The molecule has 0 bridgehead atoms. The number of hydrogen-bond donors (Lipinski definition) is 2. The zero-order valence-electron chi connectivity index (χ0n) is 11.5. The minimum absolute atomic E-state index is 0.214. The van der Waals surface area contributed by atoms with E-state index in [1.165, 1.54) is 11.8 Å². The summed E-state index contributed by atoms with van der Waals surface area (Å²) in [5.74, 6) is 0.373. The predicted molar refractivity (Wildman–Crippen MR) is 78.7 cm³/mol. The van der Waals surface area contributed by atoms with Gasteiger partial charge in [-0.05, 0) is 38.1 Å². The van der Waals surface area contributed by atoms with Crippen molar-refractivity contribution in [2.45, 2.75) is 19.9 Å². The summed E-state index contributed by atoms with van der Waals surface area (Å²) < 4.78 is 5.07. The molecule has 2 N–H and O–H groups in total. The Kier molecular flexibility index (Phi) is 4.55. The number of anilines is 1. The number of carbonyl (C=O) groups excluding carboxylic acids is 1. The quantitative estimate of drug-likeness (QED) is 0.648. The number of hydrazone groups is 1. The van der Waals surface area contributed by atoms with E-state index in [1.807, 2.05) is 31.2 Å². The minimum Gasteiger partial charge on any atom is -0.463 e. The number of hydrogen-bond acceptors (Lipinski definition) is 4. The number of carbonyl (C=O) groups is 1. The molecule has 0 spiro atoms. The molecule has 20 heavy (non-hydrogen) atoms. The average molecular weight is 271 g/mol. The second kappa shape index (κ2) is 6.56. The highest BCUT2D eigenvalue weighted by molar-refractivity contribution is 5.85. The summed E-state index contributed by atoms with van der Waals surface area (Å²) in [6.07, 6.45) is 3.00. The molecule has 1 aromatic carbocycles. The average Bonchev–Trinajstić information content (AvgIpc) is 2.94. The van der Waals surface area contributed by atoms with Crippen molar-refractivity contribution in [1.82, 2.24) is 5.43 Å². The van der Waals surface area contributed by atoms with E-state index >= 15 is 0 Å². The summed E-state index contributed by atoms with van der Waals surface area (Å²) in [6.45, 7) is 3.79. The van der Waals surface area contributed by atoms with Gasteiger partial charge >= 0.3 is 0 Å². The molecule has 1 heterocycles. The van der Waals surface area contributed by atoms with Crippen molar-refractivity contribution in [1.29, 1.82) is 0 Å². The fourth-order valence-corrected chi connectivity index (χ4v) is 1.59. The van der Waals surface area contributed by atoms with Crippen molar-refractivity contribution in [2.24, 2.45) is 5.10 Å². The van der Waals surface area contributed by atoms with Crippen molar-refractivity contribution < 1.29 is 9.21 Å². The van der Waals surface area contributed by atoms with Crippen LogP contribution in [0.5, 0.6) is 0 Å². The van der Waals surface area contributed by atoms with E-state index in [0.717, 1.165) is 5.69 Å². The maximum atomic E-state index is 11.8. The van der Waals surface area contributed by atoms with Crippen LogP contribution in [0.1, 0.15) is 18.2 Å². The fraction of sp³-hybridized carbons (Fsp3) is 0.200. The Morgan fingerprint density at radius 1 is 1.30 bits per heavy atom. The van der Waals surface area contributed by atoms with Crippen LogP contribution in [0, 0.1) is 6.92 Å². The molecule has 1 atom stereocenters. The first kappa shape index (κ1) is 13.9. The van der Waals surface area contributed by atoms with Gasteiger partial charge in [0.15, 0.2) is 0 Å². The van der Waals surface area contributed by atoms with E-state index in [9.17, 15) is 4.79 Å². The van der Waals surface area contributed by atoms with E-state index in [1.54, 1.807) is 25.3 Å². The molecule has 1 aromatic heterocycles. The van der Waals surface area contributed by atoms with Crippen molar-refractivity contribution in [3.8, 4) is 0 Å². The van der Waals surface area contributed by atoms with Crippen molar-refractivity contribution >= 4 is 17.8 Å². The van der Waals surface area contributed by atoms with Gasteiger partial charge in [-0.3, -0.25) is 4.79 Å². The summed E-state index contributed by atoms with van der Waals surface area (Å²) >= 11 is 0. The van der Waals surface area contributed by atoms with E-state index in [4.69, 9.17) is 4.42 Å². The maximum Gasteiger partial charge on any atom is 0.262 e. The number of amides is 1. The molecule has 5 nitrogen and oxygen atoms in total. The van der Waals surface area contributed by atoms with Crippen LogP contribution in [0.4, 0.5) is 5.69 Å². The molecule has 104 valence electrons. The summed E-state index contributed by atoms with van der Waals surface area (Å²) in [7, 11) is 0. The van der Waals surface area contributed by atoms with E-state index in [-0.39, 0.29) is 11.9 Å². The highest BCUT2D eigenvalue weighted by Gasteiger charge is 2.11. The number of rotatable bonds is 5. The smallest absolute Gasteiger partial charge is 0.262 e. The summed E-state index contributed by atoms with van der Waals surface area (Å²) in [5, 5.41) is 6.94. The molecule has 5 heteroatoms. The van der Waals surface area contributed by atoms with Gasteiger partial charge in [0.05, 0.1) is 12.5 Å². The van der Waals surface area contributed by atoms with Gasteiger partial charge in [-0.1, -0.05) is 17.7 Å². The third kappa shape index (κ3) is 3.98.